The number of furan rings is 1. The fourth-order valence-corrected chi connectivity index (χ4v) is 9.48. The number of thiophene rings is 1. The number of nitrogens with zero attached hydrogens (tertiary/aromatic N) is 3. The summed E-state index contributed by atoms with van der Waals surface area (Å²) in [6.07, 6.45) is 0. The SMILES string of the molecule is c1ccc(-c2nc3c(ccc4oc5cc(N(c6ccc7sc8ccccc8c7c6)c6cccc7c8ccccc8n(-c8ccccc8)c67)ccc5c43)o2)cc1. The van der Waals surface area contributed by atoms with Crippen LogP contribution in [0.4, 0.5) is 17.1 Å². The first-order valence-electron chi connectivity index (χ1n) is 18.4. The second-order valence-electron chi connectivity index (χ2n) is 13.9. The molecule has 0 unspecified atom stereocenters. The van der Waals surface area contributed by atoms with Crippen LogP contribution in [0.15, 0.2) is 185 Å². The third kappa shape index (κ3) is 4.55. The first-order valence-corrected chi connectivity index (χ1v) is 19.2. The Morgan fingerprint density at radius 3 is 2.09 bits per heavy atom. The van der Waals surface area contributed by atoms with Gasteiger partial charge in [0.25, 0.3) is 0 Å². The minimum atomic E-state index is 0.596. The van der Waals surface area contributed by atoms with E-state index in [1.54, 1.807) is 0 Å². The number of fused-ring (bicyclic) bond motifs is 11. The minimum absolute atomic E-state index is 0.596. The Bertz CT molecular complexity index is 3450. The molecule has 258 valence electrons. The zero-order chi connectivity index (χ0) is 36.0. The van der Waals surface area contributed by atoms with Crippen molar-refractivity contribution in [1.82, 2.24) is 9.55 Å². The molecule has 0 amide bonds. The molecule has 0 atom stereocenters. The maximum Gasteiger partial charge on any atom is 0.227 e. The Morgan fingerprint density at radius 1 is 0.491 bits per heavy atom. The van der Waals surface area contributed by atoms with Crippen LogP contribution >= 0.6 is 11.3 Å². The molecule has 8 aromatic carbocycles. The third-order valence-corrected chi connectivity index (χ3v) is 12.0. The van der Waals surface area contributed by atoms with Crippen LogP contribution in [0, 0.1) is 0 Å². The van der Waals surface area contributed by atoms with Gasteiger partial charge in [-0.1, -0.05) is 84.9 Å². The van der Waals surface area contributed by atoms with E-state index in [1.807, 2.05) is 53.8 Å². The van der Waals surface area contributed by atoms with Crippen LogP contribution in [0.2, 0.25) is 0 Å². The van der Waals surface area contributed by atoms with Gasteiger partial charge in [0.1, 0.15) is 16.7 Å². The summed E-state index contributed by atoms with van der Waals surface area (Å²) >= 11 is 1.83. The highest BCUT2D eigenvalue weighted by atomic mass is 32.1. The average molecular weight is 724 g/mol. The topological polar surface area (TPSA) is 47.3 Å². The highest BCUT2D eigenvalue weighted by molar-refractivity contribution is 7.25. The molecule has 0 radical (unpaired) electrons. The lowest BCUT2D eigenvalue weighted by atomic mass is 10.1. The van der Waals surface area contributed by atoms with Crippen LogP contribution in [0.3, 0.4) is 0 Å². The van der Waals surface area contributed by atoms with Gasteiger partial charge in [0.15, 0.2) is 5.58 Å². The smallest absolute Gasteiger partial charge is 0.227 e. The number of hydrogen-bond donors (Lipinski definition) is 0. The van der Waals surface area contributed by atoms with E-state index < -0.39 is 0 Å². The molecule has 55 heavy (non-hydrogen) atoms. The van der Waals surface area contributed by atoms with E-state index in [0.29, 0.717) is 5.89 Å². The molecular weight excluding hydrogens is 695 g/mol. The molecule has 4 aromatic heterocycles. The molecule has 0 bridgehead atoms. The molecule has 0 spiro atoms. The third-order valence-electron chi connectivity index (χ3n) is 10.8. The Labute approximate surface area is 318 Å². The Kier molecular flexibility index (Phi) is 6.44. The lowest BCUT2D eigenvalue weighted by Gasteiger charge is -2.27. The summed E-state index contributed by atoms with van der Waals surface area (Å²) in [6.45, 7) is 0. The molecule has 0 aliphatic heterocycles. The van der Waals surface area contributed by atoms with Crippen LogP contribution in [0.5, 0.6) is 0 Å². The van der Waals surface area contributed by atoms with Crippen LogP contribution in [-0.2, 0) is 0 Å². The maximum absolute atomic E-state index is 6.67. The van der Waals surface area contributed by atoms with Crippen molar-refractivity contribution in [1.29, 1.82) is 0 Å². The van der Waals surface area contributed by atoms with E-state index in [4.69, 9.17) is 13.8 Å². The van der Waals surface area contributed by atoms with E-state index in [1.165, 1.54) is 30.9 Å². The molecule has 0 saturated carbocycles. The number of oxazole rings is 1. The molecule has 0 fully saturated rings. The summed E-state index contributed by atoms with van der Waals surface area (Å²) in [4.78, 5) is 7.38. The second kappa shape index (κ2) is 11.7. The van der Waals surface area contributed by atoms with Crippen molar-refractivity contribution in [2.24, 2.45) is 0 Å². The van der Waals surface area contributed by atoms with Gasteiger partial charge in [0.05, 0.1) is 22.1 Å². The van der Waals surface area contributed by atoms with Gasteiger partial charge in [0, 0.05) is 65.0 Å². The quantitative estimate of drug-likeness (QED) is 0.177. The lowest BCUT2D eigenvalue weighted by Crippen LogP contribution is -2.11. The summed E-state index contributed by atoms with van der Waals surface area (Å²) in [7, 11) is 0. The monoisotopic (exact) mass is 723 g/mol. The summed E-state index contributed by atoms with van der Waals surface area (Å²) in [5.74, 6) is 0.596. The van der Waals surface area contributed by atoms with E-state index >= 15 is 0 Å². The van der Waals surface area contributed by atoms with Crippen LogP contribution < -0.4 is 4.90 Å². The van der Waals surface area contributed by atoms with Gasteiger partial charge in [-0.05, 0) is 84.9 Å². The number of benzene rings is 8. The van der Waals surface area contributed by atoms with Crippen LogP contribution in [-0.4, -0.2) is 9.55 Å². The predicted molar refractivity (Wildman–Crippen MR) is 229 cm³/mol. The first kappa shape index (κ1) is 30.3. The highest BCUT2D eigenvalue weighted by Crippen LogP contribution is 2.47. The van der Waals surface area contributed by atoms with Crippen molar-refractivity contribution in [2.45, 2.75) is 0 Å². The first-order chi connectivity index (χ1) is 27.3. The molecule has 12 rings (SSSR count). The molecule has 0 saturated heterocycles. The Balaban J connectivity index is 1.13. The van der Waals surface area contributed by atoms with Gasteiger partial charge in [0.2, 0.25) is 5.89 Å². The Hall–Kier alpha value is -7.15. The lowest BCUT2D eigenvalue weighted by molar-refractivity contribution is 0.619. The van der Waals surface area contributed by atoms with Gasteiger partial charge in [-0.2, -0.15) is 0 Å². The van der Waals surface area contributed by atoms with Gasteiger partial charge < -0.3 is 18.3 Å². The standard InChI is InChI=1S/C49H29N3O2S/c1-3-12-30(13-4-1)49-50-47-42(54-49)26-25-41-46(47)37-24-22-33(29-43(37)53-41)51(32-23-27-45-38(28-32)35-17-8-10-21-44(35)55-45)40-20-11-18-36-34-16-7-9-19-39(34)52(48(36)40)31-14-5-2-6-15-31/h1-29H. The van der Waals surface area contributed by atoms with Crippen molar-refractivity contribution in [3.63, 3.8) is 0 Å². The van der Waals surface area contributed by atoms with Gasteiger partial charge in [-0.3, -0.25) is 0 Å². The molecular formula is C49H29N3O2S. The van der Waals surface area contributed by atoms with Crippen molar-refractivity contribution in [3.8, 4) is 17.1 Å². The van der Waals surface area contributed by atoms with E-state index in [0.717, 1.165) is 72.4 Å². The Morgan fingerprint density at radius 2 is 1.20 bits per heavy atom. The van der Waals surface area contributed by atoms with Crippen LogP contribution in [0.1, 0.15) is 0 Å². The largest absolute Gasteiger partial charge is 0.456 e. The minimum Gasteiger partial charge on any atom is -0.456 e. The molecule has 0 aliphatic rings. The van der Waals surface area contributed by atoms with E-state index in [-0.39, 0.29) is 0 Å². The van der Waals surface area contributed by atoms with Gasteiger partial charge in [-0.25, -0.2) is 4.98 Å². The molecule has 5 nitrogen and oxygen atoms in total. The summed E-state index contributed by atoms with van der Waals surface area (Å²) in [5.41, 5.74) is 10.6. The number of hydrogen-bond acceptors (Lipinski definition) is 5. The van der Waals surface area contributed by atoms with E-state index in [2.05, 4.69) is 143 Å². The summed E-state index contributed by atoms with van der Waals surface area (Å²) in [5, 5.41) is 6.85. The van der Waals surface area contributed by atoms with E-state index in [9.17, 15) is 0 Å². The van der Waals surface area contributed by atoms with Crippen molar-refractivity contribution in [3.05, 3.63) is 176 Å². The zero-order valence-electron chi connectivity index (χ0n) is 29.3. The molecule has 12 aromatic rings. The second-order valence-corrected chi connectivity index (χ2v) is 15.0. The fraction of sp³-hybridized carbons (Fsp3) is 0. The number of aromatic nitrogens is 2. The van der Waals surface area contributed by atoms with Crippen molar-refractivity contribution in [2.75, 3.05) is 4.90 Å². The molecule has 0 N–H and O–H groups in total. The molecule has 4 heterocycles. The molecule has 0 aliphatic carbocycles. The van der Waals surface area contributed by atoms with Gasteiger partial charge >= 0.3 is 0 Å². The number of anilines is 3. The fourth-order valence-electron chi connectivity index (χ4n) is 8.39. The highest BCUT2D eigenvalue weighted by Gasteiger charge is 2.24. The van der Waals surface area contributed by atoms with Crippen molar-refractivity contribution >= 4 is 103 Å². The average Bonchev–Trinajstić information content (AvgIpc) is 4.02. The van der Waals surface area contributed by atoms with Gasteiger partial charge in [-0.15, -0.1) is 11.3 Å². The normalized spacial score (nSPS) is 12.0. The number of rotatable bonds is 5. The molecule has 6 heteroatoms. The number of para-hydroxylation sites is 3. The zero-order valence-corrected chi connectivity index (χ0v) is 30.1. The van der Waals surface area contributed by atoms with Crippen molar-refractivity contribution < 1.29 is 8.83 Å². The van der Waals surface area contributed by atoms with Crippen LogP contribution in [0.25, 0.3) is 92.2 Å². The summed E-state index contributed by atoms with van der Waals surface area (Å²) < 4.78 is 17.9. The predicted octanol–water partition coefficient (Wildman–Crippen LogP) is 14.3. The maximum atomic E-state index is 6.67. The summed E-state index contributed by atoms with van der Waals surface area (Å²) in [6, 6.07) is 62.1.